The van der Waals surface area contributed by atoms with Crippen molar-refractivity contribution in [3.63, 3.8) is 0 Å². The molecule has 20 heavy (non-hydrogen) atoms. The minimum Gasteiger partial charge on any atom is -0.481 e. The number of rotatable bonds is 5. The smallest absolute Gasteiger partial charge is 0.315 e. The molecule has 6 heteroatoms. The van der Waals surface area contributed by atoms with Crippen molar-refractivity contribution in [2.75, 3.05) is 12.4 Å². The molecule has 1 unspecified atom stereocenters. The lowest BCUT2D eigenvalue weighted by molar-refractivity contribution is -0.144. The Morgan fingerprint density at radius 2 is 1.90 bits per heavy atom. The lowest BCUT2D eigenvalue weighted by Crippen LogP contribution is -2.28. The van der Waals surface area contributed by atoms with Gasteiger partial charge in [-0.05, 0) is 18.6 Å². The highest BCUT2D eigenvalue weighted by molar-refractivity contribution is 6.04. The molecule has 2 amide bonds. The molecule has 0 aromatic heterocycles. The maximum Gasteiger partial charge on any atom is 0.315 e. The van der Waals surface area contributed by atoms with E-state index in [4.69, 9.17) is 5.11 Å². The number of aliphatic carboxylic acids is 1. The van der Waals surface area contributed by atoms with Gasteiger partial charge in [0.15, 0.2) is 0 Å². The van der Waals surface area contributed by atoms with E-state index in [1.165, 1.54) is 18.7 Å². The van der Waals surface area contributed by atoms with Crippen LogP contribution in [0.3, 0.4) is 0 Å². The Hall–Kier alpha value is -2.37. The zero-order chi connectivity index (χ0) is 15.3. The molecule has 0 fully saturated rings. The number of nitrogens with one attached hydrogen (secondary N) is 1. The van der Waals surface area contributed by atoms with E-state index in [2.05, 4.69) is 5.32 Å². The van der Waals surface area contributed by atoms with Crippen LogP contribution in [-0.4, -0.2) is 34.8 Å². The van der Waals surface area contributed by atoms with E-state index in [1.807, 2.05) is 0 Å². The maximum absolute atomic E-state index is 11.8. The van der Waals surface area contributed by atoms with Gasteiger partial charge in [-0.25, -0.2) is 0 Å². The molecule has 0 radical (unpaired) electrons. The molecular weight excluding hydrogens is 260 g/mol. The minimum atomic E-state index is -1.18. The summed E-state index contributed by atoms with van der Waals surface area (Å²) in [5.74, 6) is -2.99. The lowest BCUT2D eigenvalue weighted by Gasteiger charge is -2.18. The summed E-state index contributed by atoms with van der Waals surface area (Å²) >= 11 is 0. The number of benzene rings is 1. The zero-order valence-electron chi connectivity index (χ0n) is 11.7. The van der Waals surface area contributed by atoms with Gasteiger partial charge in [0.1, 0.15) is 5.92 Å². The second-order valence-electron chi connectivity index (χ2n) is 4.58. The monoisotopic (exact) mass is 278 g/mol. The Morgan fingerprint density at radius 1 is 1.30 bits per heavy atom. The Labute approximate surface area is 117 Å². The van der Waals surface area contributed by atoms with E-state index < -0.39 is 17.8 Å². The summed E-state index contributed by atoms with van der Waals surface area (Å²) in [5.41, 5.74) is 1.26. The summed E-state index contributed by atoms with van der Waals surface area (Å²) < 4.78 is 0. The van der Waals surface area contributed by atoms with E-state index in [0.717, 1.165) is 5.56 Å². The van der Waals surface area contributed by atoms with Crippen molar-refractivity contribution in [1.29, 1.82) is 0 Å². The van der Waals surface area contributed by atoms with Crippen LogP contribution in [0.2, 0.25) is 0 Å². The highest BCUT2D eigenvalue weighted by atomic mass is 16.4. The second-order valence-corrected chi connectivity index (χ2v) is 4.58. The van der Waals surface area contributed by atoms with Crippen LogP contribution in [0.4, 0.5) is 5.69 Å². The number of hydrogen-bond acceptors (Lipinski definition) is 3. The largest absolute Gasteiger partial charge is 0.481 e. The van der Waals surface area contributed by atoms with Crippen LogP contribution >= 0.6 is 0 Å². The van der Waals surface area contributed by atoms with Crippen molar-refractivity contribution in [1.82, 2.24) is 4.90 Å². The number of carbonyl (C=O) groups is 3. The Balaban J connectivity index is 2.88. The summed E-state index contributed by atoms with van der Waals surface area (Å²) in [6.45, 7) is 3.11. The number of hydrogen-bond donors (Lipinski definition) is 2. The molecule has 0 spiro atoms. The number of nitrogens with zero attached hydrogens (tertiary/aromatic N) is 1. The van der Waals surface area contributed by atoms with Gasteiger partial charge in [-0.15, -0.1) is 0 Å². The zero-order valence-corrected chi connectivity index (χ0v) is 11.7. The quantitative estimate of drug-likeness (QED) is 0.795. The molecule has 0 aliphatic carbocycles. The molecule has 1 aromatic rings. The van der Waals surface area contributed by atoms with Gasteiger partial charge in [0, 0.05) is 26.2 Å². The first-order valence-corrected chi connectivity index (χ1v) is 6.16. The van der Waals surface area contributed by atoms with E-state index >= 15 is 0 Å². The number of para-hydroxylation sites is 1. The predicted octanol–water partition coefficient (Wildman–Crippen LogP) is 1.32. The van der Waals surface area contributed by atoms with Crippen LogP contribution in [0.1, 0.15) is 19.4 Å². The van der Waals surface area contributed by atoms with Gasteiger partial charge in [-0.2, -0.15) is 0 Å². The van der Waals surface area contributed by atoms with Crippen molar-refractivity contribution in [3.05, 3.63) is 29.8 Å². The second kappa shape index (κ2) is 6.70. The summed E-state index contributed by atoms with van der Waals surface area (Å²) in [4.78, 5) is 35.3. The standard InChI is InChI=1S/C14H18N2O4/c1-9(14(19)20)13(18)15-12-7-5-4-6-11(12)8-16(3)10(2)17/h4-7,9H,8H2,1-3H3,(H,15,18)(H,19,20). The van der Waals surface area contributed by atoms with Gasteiger partial charge in [-0.3, -0.25) is 14.4 Å². The predicted molar refractivity (Wildman–Crippen MR) is 74.0 cm³/mol. The number of anilines is 1. The van der Waals surface area contributed by atoms with Crippen LogP contribution in [0.25, 0.3) is 0 Å². The molecule has 0 heterocycles. The van der Waals surface area contributed by atoms with Crippen molar-refractivity contribution in [2.45, 2.75) is 20.4 Å². The number of carboxylic acid groups (broad SMARTS) is 1. The highest BCUT2D eigenvalue weighted by Crippen LogP contribution is 2.17. The molecule has 0 aliphatic heterocycles. The van der Waals surface area contributed by atoms with Crippen LogP contribution in [0, 0.1) is 5.92 Å². The SMILES string of the molecule is CC(=O)N(C)Cc1ccccc1NC(=O)C(C)C(=O)O. The third-order valence-corrected chi connectivity index (χ3v) is 2.98. The average molecular weight is 278 g/mol. The molecule has 0 aliphatic rings. The molecule has 1 rings (SSSR count). The van der Waals surface area contributed by atoms with Crippen LogP contribution in [0.15, 0.2) is 24.3 Å². The molecule has 6 nitrogen and oxygen atoms in total. The fourth-order valence-corrected chi connectivity index (χ4v) is 1.50. The summed E-state index contributed by atoms with van der Waals surface area (Å²) in [5, 5.41) is 11.4. The first-order valence-electron chi connectivity index (χ1n) is 6.16. The van der Waals surface area contributed by atoms with Gasteiger partial charge in [-0.1, -0.05) is 18.2 Å². The molecule has 2 N–H and O–H groups in total. The first-order chi connectivity index (χ1) is 9.32. The molecule has 108 valence electrons. The van der Waals surface area contributed by atoms with Crippen molar-refractivity contribution >= 4 is 23.5 Å². The number of carboxylic acids is 1. The summed E-state index contributed by atoms with van der Waals surface area (Å²) in [6.07, 6.45) is 0. The lowest BCUT2D eigenvalue weighted by atomic mass is 10.1. The molecule has 0 saturated carbocycles. The molecular formula is C14H18N2O4. The van der Waals surface area contributed by atoms with E-state index in [1.54, 1.807) is 31.3 Å². The number of amides is 2. The fourth-order valence-electron chi connectivity index (χ4n) is 1.50. The van der Waals surface area contributed by atoms with Crippen LogP contribution in [-0.2, 0) is 20.9 Å². The van der Waals surface area contributed by atoms with Gasteiger partial charge in [0.25, 0.3) is 0 Å². The van der Waals surface area contributed by atoms with Crippen molar-refractivity contribution in [3.8, 4) is 0 Å². The average Bonchev–Trinajstić information content (AvgIpc) is 2.39. The van der Waals surface area contributed by atoms with Crippen LogP contribution in [0.5, 0.6) is 0 Å². The first kappa shape index (κ1) is 15.7. The normalized spacial score (nSPS) is 11.6. The Kier molecular flexibility index (Phi) is 5.25. The summed E-state index contributed by atoms with van der Waals surface area (Å²) in [6, 6.07) is 6.98. The van der Waals surface area contributed by atoms with Gasteiger partial charge in [0.2, 0.25) is 11.8 Å². The molecule has 0 saturated heterocycles. The summed E-state index contributed by atoms with van der Waals surface area (Å²) in [7, 11) is 1.65. The van der Waals surface area contributed by atoms with Gasteiger partial charge < -0.3 is 15.3 Å². The highest BCUT2D eigenvalue weighted by Gasteiger charge is 2.21. The van der Waals surface area contributed by atoms with Crippen LogP contribution < -0.4 is 5.32 Å². The minimum absolute atomic E-state index is 0.0926. The Morgan fingerprint density at radius 3 is 2.45 bits per heavy atom. The van der Waals surface area contributed by atoms with E-state index in [0.29, 0.717) is 12.2 Å². The molecule has 0 bridgehead atoms. The van der Waals surface area contributed by atoms with Crippen molar-refractivity contribution in [2.24, 2.45) is 5.92 Å². The van der Waals surface area contributed by atoms with Gasteiger partial charge in [0.05, 0.1) is 0 Å². The Bertz CT molecular complexity index is 528. The van der Waals surface area contributed by atoms with Gasteiger partial charge >= 0.3 is 5.97 Å². The molecule has 1 atom stereocenters. The topological polar surface area (TPSA) is 86.7 Å². The maximum atomic E-state index is 11.8. The molecule has 1 aromatic carbocycles. The third-order valence-electron chi connectivity index (χ3n) is 2.98. The third kappa shape index (κ3) is 4.08. The van der Waals surface area contributed by atoms with Crippen molar-refractivity contribution < 1.29 is 19.5 Å². The number of carbonyl (C=O) groups excluding carboxylic acids is 2. The van der Waals surface area contributed by atoms with E-state index in [9.17, 15) is 14.4 Å². The van der Waals surface area contributed by atoms with E-state index in [-0.39, 0.29) is 5.91 Å². The fraction of sp³-hybridized carbons (Fsp3) is 0.357.